The maximum atomic E-state index is 12.5. The molecule has 1 aliphatic rings. The van der Waals surface area contributed by atoms with Crippen LogP contribution < -0.4 is 11.1 Å². The number of amides is 3. The number of urea groups is 1. The molecule has 148 valence electrons. The van der Waals surface area contributed by atoms with Crippen molar-refractivity contribution in [2.24, 2.45) is 11.7 Å². The molecule has 0 saturated carbocycles. The first-order valence-corrected chi connectivity index (χ1v) is 9.98. The molecule has 9 nitrogen and oxygen atoms in total. The van der Waals surface area contributed by atoms with Gasteiger partial charge < -0.3 is 10.5 Å². The van der Waals surface area contributed by atoms with E-state index in [1.165, 1.54) is 28.6 Å². The Labute approximate surface area is 157 Å². The van der Waals surface area contributed by atoms with E-state index in [4.69, 9.17) is 10.5 Å². The number of nitrogens with zero attached hydrogens (tertiary/aromatic N) is 1. The lowest BCUT2D eigenvalue weighted by Crippen LogP contribution is -2.45. The topological polar surface area (TPSA) is 136 Å². The van der Waals surface area contributed by atoms with E-state index in [9.17, 15) is 22.8 Å². The van der Waals surface area contributed by atoms with Gasteiger partial charge in [-0.2, -0.15) is 4.31 Å². The molecular formula is C17H23N3O6S. The molecule has 27 heavy (non-hydrogen) atoms. The van der Waals surface area contributed by atoms with Gasteiger partial charge in [-0.3, -0.25) is 10.1 Å². The predicted molar refractivity (Wildman–Crippen MR) is 96.2 cm³/mol. The van der Waals surface area contributed by atoms with Crippen LogP contribution in [0.1, 0.15) is 37.0 Å². The van der Waals surface area contributed by atoms with Gasteiger partial charge in [0, 0.05) is 13.1 Å². The molecule has 3 N–H and O–H groups in total. The van der Waals surface area contributed by atoms with Crippen molar-refractivity contribution < 1.29 is 27.5 Å². The largest absolute Gasteiger partial charge is 0.448 e. The van der Waals surface area contributed by atoms with Crippen LogP contribution in [0.4, 0.5) is 4.79 Å². The van der Waals surface area contributed by atoms with E-state index in [1.807, 2.05) is 5.32 Å². The molecule has 10 heteroatoms. The zero-order chi connectivity index (χ0) is 20.2. The lowest BCUT2D eigenvalue weighted by atomic mass is 10.1. The standard InChI is InChI=1S/C17H23N3O6S/c1-11(2)14(15(21)19-17(18)23)26-16(22)12-5-7-13(8-6-12)27(24,25)20-9-3-4-10-20/h5-8,11,14H,3-4,9-10H2,1-2H3,(H3,18,19,21,23)/t14-/m0/s1. The number of imide groups is 1. The molecule has 0 aromatic heterocycles. The molecule has 0 unspecified atom stereocenters. The Kier molecular flexibility index (Phi) is 6.55. The average molecular weight is 397 g/mol. The smallest absolute Gasteiger partial charge is 0.338 e. The minimum Gasteiger partial charge on any atom is -0.448 e. The van der Waals surface area contributed by atoms with Gasteiger partial charge in [0.1, 0.15) is 0 Å². The van der Waals surface area contributed by atoms with Crippen LogP contribution in [0.3, 0.4) is 0 Å². The monoisotopic (exact) mass is 397 g/mol. The Morgan fingerprint density at radius 2 is 1.67 bits per heavy atom. The molecule has 1 aliphatic heterocycles. The first-order chi connectivity index (χ1) is 12.6. The molecule has 1 fully saturated rings. The number of primary amides is 1. The van der Waals surface area contributed by atoms with Gasteiger partial charge in [-0.1, -0.05) is 13.8 Å². The van der Waals surface area contributed by atoms with Gasteiger partial charge in [0.05, 0.1) is 10.5 Å². The number of hydrogen-bond acceptors (Lipinski definition) is 6. The molecule has 1 heterocycles. The molecule has 1 aromatic carbocycles. The normalized spacial score (nSPS) is 16.1. The third-order valence-corrected chi connectivity index (χ3v) is 6.05. The molecule has 1 saturated heterocycles. The Hall–Kier alpha value is -2.46. The SMILES string of the molecule is CC(C)[C@H](OC(=O)c1ccc(S(=O)(=O)N2CCCC2)cc1)C(=O)NC(N)=O. The van der Waals surface area contributed by atoms with Crippen LogP contribution in [0, 0.1) is 5.92 Å². The fraction of sp³-hybridized carbons (Fsp3) is 0.471. The summed E-state index contributed by atoms with van der Waals surface area (Å²) < 4.78 is 31.5. The first-order valence-electron chi connectivity index (χ1n) is 8.54. The number of nitrogens with one attached hydrogen (secondary N) is 1. The van der Waals surface area contributed by atoms with Crippen molar-refractivity contribution in [3.63, 3.8) is 0 Å². The first kappa shape index (κ1) is 20.8. The highest BCUT2D eigenvalue weighted by molar-refractivity contribution is 7.89. The summed E-state index contributed by atoms with van der Waals surface area (Å²) in [5, 5.41) is 1.88. The highest BCUT2D eigenvalue weighted by Gasteiger charge is 2.29. The second-order valence-electron chi connectivity index (χ2n) is 6.56. The summed E-state index contributed by atoms with van der Waals surface area (Å²) in [6.45, 7) is 4.25. The van der Waals surface area contributed by atoms with Crippen molar-refractivity contribution in [3.05, 3.63) is 29.8 Å². The number of benzene rings is 1. The van der Waals surface area contributed by atoms with Crippen molar-refractivity contribution in [1.29, 1.82) is 0 Å². The van der Waals surface area contributed by atoms with Crippen LogP contribution in [0.15, 0.2) is 29.2 Å². The number of carbonyl (C=O) groups is 3. The highest BCUT2D eigenvalue weighted by atomic mass is 32.2. The quantitative estimate of drug-likeness (QED) is 0.683. The third kappa shape index (κ3) is 5.04. The van der Waals surface area contributed by atoms with Gasteiger partial charge in [0.15, 0.2) is 6.10 Å². The Balaban J connectivity index is 2.12. The van der Waals surface area contributed by atoms with Gasteiger partial charge in [-0.05, 0) is 43.0 Å². The summed E-state index contributed by atoms with van der Waals surface area (Å²) in [7, 11) is -3.58. The summed E-state index contributed by atoms with van der Waals surface area (Å²) in [5.41, 5.74) is 5.00. The second kappa shape index (κ2) is 8.49. The fourth-order valence-electron chi connectivity index (χ4n) is 2.71. The van der Waals surface area contributed by atoms with E-state index >= 15 is 0 Å². The summed E-state index contributed by atoms with van der Waals surface area (Å²) in [6, 6.07) is 4.28. The van der Waals surface area contributed by atoms with Crippen molar-refractivity contribution in [3.8, 4) is 0 Å². The van der Waals surface area contributed by atoms with Crippen LogP contribution in [0.5, 0.6) is 0 Å². The molecule has 3 amide bonds. The number of nitrogens with two attached hydrogens (primary N) is 1. The maximum Gasteiger partial charge on any atom is 0.338 e. The number of esters is 1. The van der Waals surface area contributed by atoms with Crippen molar-refractivity contribution in [2.75, 3.05) is 13.1 Å². The number of ether oxygens (including phenoxy) is 1. The molecular weight excluding hydrogens is 374 g/mol. The highest BCUT2D eigenvalue weighted by Crippen LogP contribution is 2.21. The van der Waals surface area contributed by atoms with Gasteiger partial charge >= 0.3 is 12.0 Å². The van der Waals surface area contributed by atoms with Crippen LogP contribution in [0.25, 0.3) is 0 Å². The molecule has 0 aliphatic carbocycles. The lowest BCUT2D eigenvalue weighted by molar-refractivity contribution is -0.130. The lowest BCUT2D eigenvalue weighted by Gasteiger charge is -2.20. The van der Waals surface area contributed by atoms with Gasteiger partial charge in [-0.25, -0.2) is 18.0 Å². The minimum absolute atomic E-state index is 0.0906. The zero-order valence-electron chi connectivity index (χ0n) is 15.2. The van der Waals surface area contributed by atoms with Crippen molar-refractivity contribution in [1.82, 2.24) is 9.62 Å². The Morgan fingerprint density at radius 1 is 1.11 bits per heavy atom. The number of sulfonamides is 1. The molecule has 0 radical (unpaired) electrons. The number of carbonyl (C=O) groups excluding carboxylic acids is 3. The van der Waals surface area contributed by atoms with Crippen LogP contribution >= 0.6 is 0 Å². The Morgan fingerprint density at radius 3 is 2.15 bits per heavy atom. The average Bonchev–Trinajstić information content (AvgIpc) is 3.14. The van der Waals surface area contributed by atoms with Gasteiger partial charge in [0.2, 0.25) is 10.0 Å². The van der Waals surface area contributed by atoms with Crippen molar-refractivity contribution in [2.45, 2.75) is 37.7 Å². The molecule has 0 bridgehead atoms. The summed E-state index contributed by atoms with van der Waals surface area (Å²) in [4.78, 5) is 35.1. The number of hydrogen-bond donors (Lipinski definition) is 2. The predicted octanol–water partition coefficient (Wildman–Crippen LogP) is 0.847. The molecule has 1 atom stereocenters. The maximum absolute atomic E-state index is 12.5. The summed E-state index contributed by atoms with van der Waals surface area (Å²) in [6.07, 6.45) is 0.444. The molecule has 2 rings (SSSR count). The van der Waals surface area contributed by atoms with Gasteiger partial charge in [-0.15, -0.1) is 0 Å². The Bertz CT molecular complexity index is 814. The van der Waals surface area contributed by atoms with Crippen LogP contribution in [-0.2, 0) is 19.6 Å². The van der Waals surface area contributed by atoms with Crippen molar-refractivity contribution >= 4 is 27.9 Å². The third-order valence-electron chi connectivity index (χ3n) is 4.14. The molecule has 0 spiro atoms. The summed E-state index contributed by atoms with van der Waals surface area (Å²) in [5.74, 6) is -2.03. The van der Waals surface area contributed by atoms with Crippen LogP contribution in [0.2, 0.25) is 0 Å². The van der Waals surface area contributed by atoms with Crippen LogP contribution in [-0.4, -0.2) is 49.8 Å². The van der Waals surface area contributed by atoms with E-state index < -0.39 is 40.0 Å². The molecule has 1 aromatic rings. The van der Waals surface area contributed by atoms with Gasteiger partial charge in [0.25, 0.3) is 5.91 Å². The minimum atomic E-state index is -3.58. The fourth-order valence-corrected chi connectivity index (χ4v) is 4.23. The zero-order valence-corrected chi connectivity index (χ0v) is 16.0. The summed E-state index contributed by atoms with van der Waals surface area (Å²) >= 11 is 0. The number of rotatable bonds is 6. The van der Waals surface area contributed by atoms with E-state index in [1.54, 1.807) is 13.8 Å². The van der Waals surface area contributed by atoms with E-state index in [0.717, 1.165) is 12.8 Å². The van der Waals surface area contributed by atoms with E-state index in [2.05, 4.69) is 0 Å². The van der Waals surface area contributed by atoms with E-state index in [-0.39, 0.29) is 10.5 Å². The van der Waals surface area contributed by atoms with E-state index in [0.29, 0.717) is 13.1 Å². The second-order valence-corrected chi connectivity index (χ2v) is 8.50.